The number of aryl methyl sites for hydroxylation is 1. The number of aromatic nitrogens is 2. The van der Waals surface area contributed by atoms with Gasteiger partial charge in [0, 0.05) is 5.56 Å². The average molecular weight is 269 g/mol. The van der Waals surface area contributed by atoms with Crippen LogP contribution in [0.25, 0.3) is 11.3 Å². The van der Waals surface area contributed by atoms with E-state index in [0.717, 1.165) is 24.1 Å². The normalized spacial score (nSPS) is 11.8. The van der Waals surface area contributed by atoms with E-state index < -0.39 is 11.7 Å². The predicted octanol–water partition coefficient (Wildman–Crippen LogP) is 2.99. The van der Waals surface area contributed by atoms with E-state index in [1.807, 2.05) is 0 Å². The zero-order chi connectivity index (χ0) is 13.9. The van der Waals surface area contributed by atoms with Crippen LogP contribution in [-0.2, 0) is 12.6 Å². The molecule has 0 bridgehead atoms. The summed E-state index contributed by atoms with van der Waals surface area (Å²) in [6.07, 6.45) is -1.25. The highest BCUT2D eigenvalue weighted by Gasteiger charge is 2.30. The molecule has 3 nitrogen and oxygen atoms in total. The lowest BCUT2D eigenvalue weighted by Crippen LogP contribution is -2.05. The lowest BCUT2D eigenvalue weighted by Gasteiger charge is -2.09. The van der Waals surface area contributed by atoms with E-state index in [2.05, 4.69) is 10.2 Å². The highest BCUT2D eigenvalue weighted by molar-refractivity contribution is 5.63. The summed E-state index contributed by atoms with van der Waals surface area (Å²) in [6.45, 7) is 0.535. The van der Waals surface area contributed by atoms with E-state index in [9.17, 15) is 13.2 Å². The monoisotopic (exact) mass is 269 g/mol. The van der Waals surface area contributed by atoms with Gasteiger partial charge in [0.2, 0.25) is 0 Å². The van der Waals surface area contributed by atoms with Crippen molar-refractivity contribution in [1.82, 2.24) is 10.2 Å². The van der Waals surface area contributed by atoms with E-state index in [-0.39, 0.29) is 0 Å². The number of alkyl halides is 3. The third-order valence-electron chi connectivity index (χ3n) is 2.85. The van der Waals surface area contributed by atoms with Gasteiger partial charge in [0.25, 0.3) is 0 Å². The molecular weight excluding hydrogens is 255 g/mol. The maximum atomic E-state index is 12.7. The second-order valence-corrected chi connectivity index (χ2v) is 4.24. The van der Waals surface area contributed by atoms with E-state index in [1.165, 1.54) is 6.07 Å². The highest BCUT2D eigenvalue weighted by Crippen LogP contribution is 2.32. The SMILES string of the molecule is NCCCc1cn[nH]c1-c1cccc(C(F)(F)F)c1. The molecule has 3 N–H and O–H groups in total. The predicted molar refractivity (Wildman–Crippen MR) is 66.4 cm³/mol. The summed E-state index contributed by atoms with van der Waals surface area (Å²) in [5.41, 5.74) is 6.76. The average Bonchev–Trinajstić information content (AvgIpc) is 2.83. The first-order chi connectivity index (χ1) is 9.02. The Morgan fingerprint density at radius 1 is 1.26 bits per heavy atom. The second-order valence-electron chi connectivity index (χ2n) is 4.24. The molecule has 0 unspecified atom stereocenters. The molecule has 0 saturated carbocycles. The summed E-state index contributed by atoms with van der Waals surface area (Å²) in [4.78, 5) is 0. The van der Waals surface area contributed by atoms with Crippen LogP contribution in [0.15, 0.2) is 30.5 Å². The molecule has 0 atom stereocenters. The Morgan fingerprint density at radius 2 is 2.05 bits per heavy atom. The maximum absolute atomic E-state index is 12.7. The fraction of sp³-hybridized carbons (Fsp3) is 0.308. The van der Waals surface area contributed by atoms with Crippen LogP contribution >= 0.6 is 0 Å². The molecule has 19 heavy (non-hydrogen) atoms. The Balaban J connectivity index is 2.34. The molecule has 1 aromatic heterocycles. The standard InChI is InChI=1S/C13H14F3N3/c14-13(15,16)11-5-1-3-9(7-11)12-10(4-2-6-17)8-18-19-12/h1,3,5,7-8H,2,4,6,17H2,(H,18,19). The molecular formula is C13H14F3N3. The van der Waals surface area contributed by atoms with Crippen LogP contribution in [-0.4, -0.2) is 16.7 Å². The number of benzene rings is 1. The lowest BCUT2D eigenvalue weighted by atomic mass is 10.0. The maximum Gasteiger partial charge on any atom is 0.416 e. The van der Waals surface area contributed by atoms with Crippen LogP contribution in [0.2, 0.25) is 0 Å². The van der Waals surface area contributed by atoms with Gasteiger partial charge in [0.15, 0.2) is 0 Å². The molecule has 2 rings (SSSR count). The minimum absolute atomic E-state index is 0.486. The second kappa shape index (κ2) is 5.44. The molecule has 0 radical (unpaired) electrons. The summed E-state index contributed by atoms with van der Waals surface area (Å²) >= 11 is 0. The molecule has 0 fully saturated rings. The van der Waals surface area contributed by atoms with Crippen LogP contribution in [0.5, 0.6) is 0 Å². The van der Waals surface area contributed by atoms with Crippen LogP contribution in [0, 0.1) is 0 Å². The summed E-state index contributed by atoms with van der Waals surface area (Å²) < 4.78 is 38.0. The van der Waals surface area contributed by atoms with Gasteiger partial charge in [-0.2, -0.15) is 18.3 Å². The van der Waals surface area contributed by atoms with Gasteiger partial charge >= 0.3 is 6.18 Å². The van der Waals surface area contributed by atoms with E-state index in [1.54, 1.807) is 12.3 Å². The number of halogens is 3. The topological polar surface area (TPSA) is 54.7 Å². The summed E-state index contributed by atoms with van der Waals surface area (Å²) in [5.74, 6) is 0. The fourth-order valence-corrected chi connectivity index (χ4v) is 1.89. The Labute approximate surface area is 108 Å². The molecule has 6 heteroatoms. The van der Waals surface area contributed by atoms with Crippen LogP contribution in [0.1, 0.15) is 17.5 Å². The minimum atomic E-state index is -4.34. The van der Waals surface area contributed by atoms with Crippen molar-refractivity contribution < 1.29 is 13.2 Å². The van der Waals surface area contributed by atoms with Crippen molar-refractivity contribution in [3.63, 3.8) is 0 Å². The molecule has 0 aliphatic heterocycles. The van der Waals surface area contributed by atoms with Crippen LogP contribution in [0.4, 0.5) is 13.2 Å². The molecule has 0 spiro atoms. The number of nitrogens with two attached hydrogens (primary N) is 1. The van der Waals surface area contributed by atoms with Gasteiger partial charge in [0.1, 0.15) is 0 Å². The molecule has 0 aliphatic carbocycles. The van der Waals surface area contributed by atoms with Gasteiger partial charge in [0.05, 0.1) is 17.5 Å². The number of nitrogens with zero attached hydrogens (tertiary/aromatic N) is 1. The Kier molecular flexibility index (Phi) is 3.90. The van der Waals surface area contributed by atoms with Crippen molar-refractivity contribution in [3.8, 4) is 11.3 Å². The summed E-state index contributed by atoms with van der Waals surface area (Å²) in [5, 5.41) is 6.65. The highest BCUT2D eigenvalue weighted by atomic mass is 19.4. The third kappa shape index (κ3) is 3.14. The summed E-state index contributed by atoms with van der Waals surface area (Å²) in [6, 6.07) is 5.21. The van der Waals surface area contributed by atoms with Crippen molar-refractivity contribution in [3.05, 3.63) is 41.6 Å². The first-order valence-corrected chi connectivity index (χ1v) is 5.92. The molecule has 1 heterocycles. The number of aromatic amines is 1. The van der Waals surface area contributed by atoms with E-state index >= 15 is 0 Å². The smallest absolute Gasteiger partial charge is 0.330 e. The van der Waals surface area contributed by atoms with E-state index in [4.69, 9.17) is 5.73 Å². The van der Waals surface area contributed by atoms with Gasteiger partial charge in [-0.15, -0.1) is 0 Å². The van der Waals surface area contributed by atoms with Crippen molar-refractivity contribution in [2.75, 3.05) is 6.54 Å². The van der Waals surface area contributed by atoms with Crippen molar-refractivity contribution in [1.29, 1.82) is 0 Å². The molecule has 1 aromatic carbocycles. The largest absolute Gasteiger partial charge is 0.416 e. The first-order valence-electron chi connectivity index (χ1n) is 5.92. The molecule has 2 aromatic rings. The van der Waals surface area contributed by atoms with Crippen LogP contribution in [0.3, 0.4) is 0 Å². The van der Waals surface area contributed by atoms with Crippen LogP contribution < -0.4 is 5.73 Å². The van der Waals surface area contributed by atoms with Gasteiger partial charge in [-0.25, -0.2) is 0 Å². The number of H-pyrrole nitrogens is 1. The lowest BCUT2D eigenvalue weighted by molar-refractivity contribution is -0.137. The fourth-order valence-electron chi connectivity index (χ4n) is 1.89. The zero-order valence-corrected chi connectivity index (χ0v) is 10.2. The number of rotatable bonds is 4. The minimum Gasteiger partial charge on any atom is -0.330 e. The van der Waals surface area contributed by atoms with Gasteiger partial charge < -0.3 is 5.73 Å². The van der Waals surface area contributed by atoms with Gasteiger partial charge in [-0.3, -0.25) is 5.10 Å². The Bertz CT molecular complexity index is 546. The first kappa shape index (κ1) is 13.6. The molecule has 0 aliphatic rings. The van der Waals surface area contributed by atoms with Crippen molar-refractivity contribution in [2.24, 2.45) is 5.73 Å². The number of hydrogen-bond acceptors (Lipinski definition) is 2. The number of nitrogens with one attached hydrogen (secondary N) is 1. The third-order valence-corrected chi connectivity index (χ3v) is 2.85. The van der Waals surface area contributed by atoms with Gasteiger partial charge in [-0.05, 0) is 37.1 Å². The van der Waals surface area contributed by atoms with E-state index in [0.29, 0.717) is 24.2 Å². The van der Waals surface area contributed by atoms with Gasteiger partial charge in [-0.1, -0.05) is 12.1 Å². The van der Waals surface area contributed by atoms with Crippen molar-refractivity contribution in [2.45, 2.75) is 19.0 Å². The Hall–Kier alpha value is -1.82. The zero-order valence-electron chi connectivity index (χ0n) is 10.2. The van der Waals surface area contributed by atoms with Crippen molar-refractivity contribution >= 4 is 0 Å². The molecule has 0 saturated heterocycles. The Morgan fingerprint density at radius 3 is 2.74 bits per heavy atom. The number of hydrogen-bond donors (Lipinski definition) is 2. The molecule has 102 valence electrons. The summed E-state index contributed by atoms with van der Waals surface area (Å²) in [7, 11) is 0. The molecule has 0 amide bonds. The quantitative estimate of drug-likeness (QED) is 0.896.